The van der Waals surface area contributed by atoms with Gasteiger partial charge in [0.15, 0.2) is 16.6 Å². The van der Waals surface area contributed by atoms with Gasteiger partial charge >= 0.3 is 0 Å². The SMILES string of the molecule is C=CCOCC(CC)(CO[Si](C)(C)C)CO[Si](C)(C)C. The van der Waals surface area contributed by atoms with Crippen LogP contribution in [0.1, 0.15) is 13.3 Å². The third-order valence-corrected chi connectivity index (χ3v) is 5.04. The zero-order valence-corrected chi connectivity index (χ0v) is 16.5. The van der Waals surface area contributed by atoms with E-state index in [9.17, 15) is 0 Å². The van der Waals surface area contributed by atoms with Crippen molar-refractivity contribution in [2.45, 2.75) is 52.6 Å². The van der Waals surface area contributed by atoms with Crippen LogP contribution in [-0.2, 0) is 13.6 Å². The Balaban J connectivity index is 4.72. The lowest BCUT2D eigenvalue weighted by atomic mass is 9.88. The molecular formula is C15H34O3Si2. The minimum atomic E-state index is -1.53. The van der Waals surface area contributed by atoms with Gasteiger partial charge in [-0.2, -0.15) is 0 Å². The molecule has 0 aliphatic heterocycles. The largest absolute Gasteiger partial charge is 0.417 e. The van der Waals surface area contributed by atoms with E-state index in [0.717, 1.165) is 19.6 Å². The maximum absolute atomic E-state index is 6.15. The molecule has 0 fully saturated rings. The Labute approximate surface area is 128 Å². The second-order valence-electron chi connectivity index (χ2n) is 7.46. The highest BCUT2D eigenvalue weighted by Crippen LogP contribution is 2.27. The van der Waals surface area contributed by atoms with E-state index in [0.29, 0.717) is 13.2 Å². The zero-order chi connectivity index (χ0) is 15.9. The number of hydrogen-bond donors (Lipinski definition) is 0. The third kappa shape index (κ3) is 9.88. The van der Waals surface area contributed by atoms with Gasteiger partial charge in [-0.15, -0.1) is 6.58 Å². The van der Waals surface area contributed by atoms with Gasteiger partial charge in [0.2, 0.25) is 0 Å². The molecule has 120 valence electrons. The van der Waals surface area contributed by atoms with Gasteiger partial charge in [0.1, 0.15) is 0 Å². The van der Waals surface area contributed by atoms with Gasteiger partial charge in [0, 0.05) is 18.6 Å². The van der Waals surface area contributed by atoms with Gasteiger partial charge in [0.25, 0.3) is 0 Å². The molecule has 0 aromatic heterocycles. The molecule has 0 aromatic rings. The average Bonchev–Trinajstić information content (AvgIpc) is 2.30. The summed E-state index contributed by atoms with van der Waals surface area (Å²) in [6, 6.07) is 0. The second kappa shape index (κ2) is 8.49. The highest BCUT2D eigenvalue weighted by Gasteiger charge is 2.33. The van der Waals surface area contributed by atoms with E-state index in [1.807, 2.05) is 0 Å². The van der Waals surface area contributed by atoms with Crippen molar-refractivity contribution in [2.75, 3.05) is 26.4 Å². The maximum atomic E-state index is 6.15. The van der Waals surface area contributed by atoms with Crippen LogP contribution < -0.4 is 0 Å². The smallest absolute Gasteiger partial charge is 0.183 e. The zero-order valence-electron chi connectivity index (χ0n) is 14.5. The Kier molecular flexibility index (Phi) is 8.51. The highest BCUT2D eigenvalue weighted by molar-refractivity contribution is 6.70. The summed E-state index contributed by atoms with van der Waals surface area (Å²) in [5.41, 5.74) is -0.0381. The Bertz CT molecular complexity index is 262. The highest BCUT2D eigenvalue weighted by atomic mass is 28.4. The second-order valence-corrected chi connectivity index (χ2v) is 16.5. The summed E-state index contributed by atoms with van der Waals surface area (Å²) >= 11 is 0. The van der Waals surface area contributed by atoms with Crippen LogP contribution in [0.25, 0.3) is 0 Å². The molecular weight excluding hydrogens is 284 g/mol. The van der Waals surface area contributed by atoms with E-state index < -0.39 is 16.6 Å². The predicted octanol–water partition coefficient (Wildman–Crippen LogP) is 4.29. The Hall–Kier alpha value is 0.0538. The molecule has 0 spiro atoms. The fourth-order valence-electron chi connectivity index (χ4n) is 1.53. The van der Waals surface area contributed by atoms with Crippen LogP contribution in [0.5, 0.6) is 0 Å². The third-order valence-electron chi connectivity index (χ3n) is 3.02. The molecule has 20 heavy (non-hydrogen) atoms. The molecule has 0 radical (unpaired) electrons. The Morgan fingerprint density at radius 2 is 1.35 bits per heavy atom. The fraction of sp³-hybridized carbons (Fsp3) is 0.867. The van der Waals surface area contributed by atoms with Gasteiger partial charge < -0.3 is 13.6 Å². The van der Waals surface area contributed by atoms with Crippen LogP contribution in [0, 0.1) is 5.41 Å². The van der Waals surface area contributed by atoms with Gasteiger partial charge in [-0.05, 0) is 45.7 Å². The Morgan fingerprint density at radius 1 is 0.900 bits per heavy atom. The van der Waals surface area contributed by atoms with Crippen molar-refractivity contribution >= 4 is 16.6 Å². The first-order chi connectivity index (χ1) is 9.04. The summed E-state index contributed by atoms with van der Waals surface area (Å²) in [4.78, 5) is 0. The molecule has 0 N–H and O–H groups in total. The first kappa shape index (κ1) is 20.1. The van der Waals surface area contributed by atoms with Gasteiger partial charge in [-0.3, -0.25) is 0 Å². The molecule has 0 unspecified atom stereocenters. The normalized spacial score (nSPS) is 13.6. The number of hydrogen-bond acceptors (Lipinski definition) is 3. The average molecular weight is 319 g/mol. The topological polar surface area (TPSA) is 27.7 Å². The van der Waals surface area contributed by atoms with Crippen molar-refractivity contribution < 1.29 is 13.6 Å². The summed E-state index contributed by atoms with van der Waals surface area (Å²) in [5, 5.41) is 0. The molecule has 0 saturated carbocycles. The Morgan fingerprint density at radius 3 is 1.65 bits per heavy atom. The standard InChI is InChI=1S/C15H34O3Si2/c1-9-11-16-12-15(10-2,13-17-19(3,4)5)14-18-20(6,7)8/h9H,1,10-14H2,2-8H3. The van der Waals surface area contributed by atoms with Crippen molar-refractivity contribution in [2.24, 2.45) is 5.41 Å². The minimum Gasteiger partial charge on any atom is -0.417 e. The lowest BCUT2D eigenvalue weighted by Gasteiger charge is -2.36. The molecule has 0 bridgehead atoms. The van der Waals surface area contributed by atoms with E-state index in [1.54, 1.807) is 6.08 Å². The summed E-state index contributed by atoms with van der Waals surface area (Å²) in [6.45, 7) is 21.9. The van der Waals surface area contributed by atoms with Crippen molar-refractivity contribution in [1.29, 1.82) is 0 Å². The van der Waals surface area contributed by atoms with Crippen molar-refractivity contribution in [3.63, 3.8) is 0 Å². The van der Waals surface area contributed by atoms with Crippen molar-refractivity contribution in [1.82, 2.24) is 0 Å². The summed E-state index contributed by atoms with van der Waals surface area (Å²) in [7, 11) is -3.05. The number of rotatable bonds is 11. The van der Waals surface area contributed by atoms with E-state index in [1.165, 1.54) is 0 Å². The molecule has 0 aliphatic carbocycles. The first-order valence-electron chi connectivity index (χ1n) is 7.50. The maximum Gasteiger partial charge on any atom is 0.183 e. The van der Waals surface area contributed by atoms with Crippen LogP contribution in [0.4, 0.5) is 0 Å². The van der Waals surface area contributed by atoms with E-state index in [2.05, 4.69) is 52.8 Å². The molecule has 0 rings (SSSR count). The molecule has 0 saturated heterocycles. The van der Waals surface area contributed by atoms with E-state index >= 15 is 0 Å². The molecule has 0 atom stereocenters. The van der Waals surface area contributed by atoms with Crippen LogP contribution >= 0.6 is 0 Å². The molecule has 0 aliphatic rings. The predicted molar refractivity (Wildman–Crippen MR) is 92.3 cm³/mol. The molecule has 0 heterocycles. The van der Waals surface area contributed by atoms with E-state index in [-0.39, 0.29) is 5.41 Å². The van der Waals surface area contributed by atoms with Crippen LogP contribution in [-0.4, -0.2) is 43.1 Å². The van der Waals surface area contributed by atoms with Crippen LogP contribution in [0.2, 0.25) is 39.3 Å². The molecule has 0 aromatic carbocycles. The minimum absolute atomic E-state index is 0.0381. The molecule has 0 amide bonds. The monoisotopic (exact) mass is 318 g/mol. The number of ether oxygens (including phenoxy) is 1. The lowest BCUT2D eigenvalue weighted by Crippen LogP contribution is -2.43. The molecule has 3 nitrogen and oxygen atoms in total. The lowest BCUT2D eigenvalue weighted by molar-refractivity contribution is -0.0130. The first-order valence-corrected chi connectivity index (χ1v) is 14.3. The summed E-state index contributed by atoms with van der Waals surface area (Å²) in [5.74, 6) is 0. The van der Waals surface area contributed by atoms with Crippen LogP contribution in [0.15, 0.2) is 12.7 Å². The van der Waals surface area contributed by atoms with Crippen molar-refractivity contribution in [3.8, 4) is 0 Å². The molecule has 5 heteroatoms. The van der Waals surface area contributed by atoms with Crippen LogP contribution in [0.3, 0.4) is 0 Å². The van der Waals surface area contributed by atoms with Gasteiger partial charge in [0.05, 0.1) is 13.2 Å². The van der Waals surface area contributed by atoms with E-state index in [4.69, 9.17) is 13.6 Å². The van der Waals surface area contributed by atoms with Crippen molar-refractivity contribution in [3.05, 3.63) is 12.7 Å². The van der Waals surface area contributed by atoms with Gasteiger partial charge in [-0.25, -0.2) is 0 Å². The quantitative estimate of drug-likeness (QED) is 0.323. The van der Waals surface area contributed by atoms with Gasteiger partial charge in [-0.1, -0.05) is 13.0 Å². The summed E-state index contributed by atoms with van der Waals surface area (Å²) < 4.78 is 18.0. The fourth-order valence-corrected chi connectivity index (χ4v) is 3.01. The summed E-state index contributed by atoms with van der Waals surface area (Å²) in [6.07, 6.45) is 2.79.